The topological polar surface area (TPSA) is 50.5 Å². The van der Waals surface area contributed by atoms with Gasteiger partial charge in [-0.2, -0.15) is 0 Å². The fourth-order valence-corrected chi connectivity index (χ4v) is 5.42. The fraction of sp³-hybridized carbons (Fsp3) is 0.241. The summed E-state index contributed by atoms with van der Waals surface area (Å²) in [4.78, 5) is 6.75. The van der Waals surface area contributed by atoms with Crippen molar-refractivity contribution in [2.24, 2.45) is 0 Å². The molecule has 3 heterocycles. The van der Waals surface area contributed by atoms with Gasteiger partial charge in [0.25, 0.3) is 0 Å². The van der Waals surface area contributed by atoms with Crippen LogP contribution in [0.25, 0.3) is 11.3 Å². The van der Waals surface area contributed by atoms with Crippen molar-refractivity contribution >= 4 is 23.0 Å². The highest BCUT2D eigenvalue weighted by atomic mass is 32.1. The van der Waals surface area contributed by atoms with Crippen molar-refractivity contribution in [2.45, 2.75) is 43.9 Å². The van der Waals surface area contributed by atoms with Gasteiger partial charge in [-0.3, -0.25) is 4.98 Å². The molecule has 0 bridgehead atoms. The van der Waals surface area contributed by atoms with Crippen LogP contribution < -0.4 is 15.0 Å². The number of nitrogens with zero attached hydrogens (tertiary/aromatic N) is 2. The van der Waals surface area contributed by atoms with Crippen LogP contribution >= 0.6 is 12.2 Å². The normalized spacial score (nSPS) is 20.2. The lowest BCUT2D eigenvalue weighted by Crippen LogP contribution is -2.29. The largest absolute Gasteiger partial charge is 0.490 e. The third kappa shape index (κ3) is 4.42. The molecule has 5 nitrogen and oxygen atoms in total. The van der Waals surface area contributed by atoms with E-state index in [1.807, 2.05) is 66.9 Å². The smallest absolute Gasteiger partial charge is 0.174 e. The Labute approximate surface area is 210 Å². The summed E-state index contributed by atoms with van der Waals surface area (Å²) < 4.78 is 12.6. The second-order valence-electron chi connectivity index (χ2n) is 9.08. The quantitative estimate of drug-likeness (QED) is 0.304. The van der Waals surface area contributed by atoms with Crippen LogP contribution in [-0.4, -0.2) is 16.2 Å². The Morgan fingerprint density at radius 3 is 2.40 bits per heavy atom. The summed E-state index contributed by atoms with van der Waals surface area (Å²) in [6.45, 7) is 0. The van der Waals surface area contributed by atoms with Crippen LogP contribution in [0.1, 0.15) is 49.2 Å². The predicted octanol–water partition coefficient (Wildman–Crippen LogP) is 6.84. The van der Waals surface area contributed by atoms with Crippen LogP contribution in [0, 0.1) is 0 Å². The highest BCUT2D eigenvalue weighted by molar-refractivity contribution is 7.80. The fourth-order valence-electron chi connectivity index (χ4n) is 5.08. The Morgan fingerprint density at radius 1 is 0.886 bits per heavy atom. The van der Waals surface area contributed by atoms with Gasteiger partial charge in [0.05, 0.1) is 17.8 Å². The van der Waals surface area contributed by atoms with Crippen molar-refractivity contribution in [3.63, 3.8) is 0 Å². The standard InChI is InChI=1S/C29H27N3O2S/c35-29-31-27(24-12-6-7-19-30-24)28(26-18-17-25(34-26)20-8-2-1-3-9-20)32(29)21-13-15-23(16-14-21)33-22-10-4-5-11-22/h1-3,6-9,12-19,22,27-28H,4-5,10-11H2,(H,31,35). The van der Waals surface area contributed by atoms with E-state index in [2.05, 4.69) is 39.5 Å². The maximum absolute atomic E-state index is 6.42. The van der Waals surface area contributed by atoms with Gasteiger partial charge < -0.3 is 19.4 Å². The van der Waals surface area contributed by atoms with Gasteiger partial charge in [0, 0.05) is 17.4 Å². The number of hydrogen-bond acceptors (Lipinski definition) is 4. The van der Waals surface area contributed by atoms with Gasteiger partial charge in [-0.15, -0.1) is 0 Å². The van der Waals surface area contributed by atoms with E-state index in [1.165, 1.54) is 12.8 Å². The maximum atomic E-state index is 6.42. The molecule has 1 aliphatic heterocycles. The number of anilines is 1. The first-order valence-electron chi connectivity index (χ1n) is 12.2. The molecule has 2 aliphatic rings. The Hall–Kier alpha value is -3.64. The first kappa shape index (κ1) is 21.9. The Kier molecular flexibility index (Phi) is 5.96. The number of furan rings is 1. The number of pyridine rings is 1. The van der Waals surface area contributed by atoms with E-state index in [-0.39, 0.29) is 12.1 Å². The molecular formula is C29H27N3O2S. The summed E-state index contributed by atoms with van der Waals surface area (Å²) in [5.74, 6) is 2.57. The molecule has 176 valence electrons. The molecule has 1 aliphatic carbocycles. The summed E-state index contributed by atoms with van der Waals surface area (Å²) >= 11 is 5.84. The monoisotopic (exact) mass is 481 g/mol. The van der Waals surface area contributed by atoms with Gasteiger partial charge in [0.1, 0.15) is 23.3 Å². The van der Waals surface area contributed by atoms with E-state index in [0.29, 0.717) is 11.2 Å². The lowest BCUT2D eigenvalue weighted by Gasteiger charge is -2.26. The van der Waals surface area contributed by atoms with Gasteiger partial charge >= 0.3 is 0 Å². The molecule has 1 saturated carbocycles. The zero-order valence-electron chi connectivity index (χ0n) is 19.3. The molecule has 1 saturated heterocycles. The van der Waals surface area contributed by atoms with E-state index < -0.39 is 0 Å². The number of ether oxygens (including phenoxy) is 1. The highest BCUT2D eigenvalue weighted by Gasteiger charge is 2.42. The molecule has 0 radical (unpaired) electrons. The van der Waals surface area contributed by atoms with E-state index in [0.717, 1.165) is 47.1 Å². The second-order valence-corrected chi connectivity index (χ2v) is 9.47. The molecule has 2 aromatic heterocycles. The van der Waals surface area contributed by atoms with Crippen LogP contribution in [0.3, 0.4) is 0 Å². The van der Waals surface area contributed by atoms with Crippen LogP contribution in [0.4, 0.5) is 5.69 Å². The lowest BCUT2D eigenvalue weighted by molar-refractivity contribution is 0.210. The summed E-state index contributed by atoms with van der Waals surface area (Å²) in [5, 5.41) is 4.14. The third-order valence-corrected chi connectivity index (χ3v) is 7.11. The second kappa shape index (κ2) is 9.55. The van der Waals surface area contributed by atoms with Crippen molar-refractivity contribution < 1.29 is 9.15 Å². The average Bonchev–Trinajstić information content (AvgIpc) is 3.66. The third-order valence-electron chi connectivity index (χ3n) is 6.79. The Morgan fingerprint density at radius 2 is 1.66 bits per heavy atom. The minimum Gasteiger partial charge on any atom is -0.490 e. The van der Waals surface area contributed by atoms with E-state index >= 15 is 0 Å². The Bertz CT molecular complexity index is 1280. The van der Waals surface area contributed by atoms with Crippen LogP contribution in [0.5, 0.6) is 5.75 Å². The summed E-state index contributed by atoms with van der Waals surface area (Å²) in [6.07, 6.45) is 6.92. The van der Waals surface area contributed by atoms with Crippen LogP contribution in [0.2, 0.25) is 0 Å². The van der Waals surface area contributed by atoms with Crippen molar-refractivity contribution in [3.8, 4) is 17.1 Å². The molecule has 1 N–H and O–H groups in total. The van der Waals surface area contributed by atoms with Crippen LogP contribution in [-0.2, 0) is 0 Å². The van der Waals surface area contributed by atoms with Crippen LogP contribution in [0.15, 0.2) is 95.5 Å². The first-order valence-corrected chi connectivity index (χ1v) is 12.6. The van der Waals surface area contributed by atoms with Crippen molar-refractivity contribution in [2.75, 3.05) is 4.90 Å². The molecule has 6 heteroatoms. The molecule has 2 unspecified atom stereocenters. The number of thiocarbonyl (C=S) groups is 1. The van der Waals surface area contributed by atoms with Crippen molar-refractivity contribution in [3.05, 3.63) is 103 Å². The molecule has 35 heavy (non-hydrogen) atoms. The number of aromatic nitrogens is 1. The number of hydrogen-bond donors (Lipinski definition) is 1. The van der Waals surface area contributed by atoms with Gasteiger partial charge in [0.2, 0.25) is 0 Å². The molecule has 0 amide bonds. The minimum absolute atomic E-state index is 0.145. The average molecular weight is 482 g/mol. The van der Waals surface area contributed by atoms with Gasteiger partial charge in [-0.25, -0.2) is 0 Å². The predicted molar refractivity (Wildman–Crippen MR) is 141 cm³/mol. The summed E-state index contributed by atoms with van der Waals surface area (Å²) in [5.41, 5.74) is 2.95. The number of benzene rings is 2. The summed E-state index contributed by atoms with van der Waals surface area (Å²) in [6, 6.07) is 28.1. The molecule has 2 aromatic carbocycles. The van der Waals surface area contributed by atoms with E-state index in [9.17, 15) is 0 Å². The van der Waals surface area contributed by atoms with Crippen molar-refractivity contribution in [1.82, 2.24) is 10.3 Å². The van der Waals surface area contributed by atoms with Gasteiger partial charge in [-0.1, -0.05) is 36.4 Å². The van der Waals surface area contributed by atoms with Crippen molar-refractivity contribution in [1.29, 1.82) is 0 Å². The molecular weight excluding hydrogens is 454 g/mol. The molecule has 4 aromatic rings. The summed E-state index contributed by atoms with van der Waals surface area (Å²) in [7, 11) is 0. The zero-order chi connectivity index (χ0) is 23.6. The van der Waals surface area contributed by atoms with E-state index in [4.69, 9.17) is 21.4 Å². The maximum Gasteiger partial charge on any atom is 0.174 e. The highest BCUT2D eigenvalue weighted by Crippen LogP contribution is 2.43. The Balaban J connectivity index is 1.35. The number of rotatable bonds is 6. The molecule has 2 atom stereocenters. The molecule has 0 spiro atoms. The number of nitrogens with one attached hydrogen (secondary N) is 1. The molecule has 2 fully saturated rings. The lowest BCUT2D eigenvalue weighted by atomic mass is 10.0. The SMILES string of the molecule is S=C1NC(c2ccccn2)C(c2ccc(-c3ccccc3)o2)N1c1ccc(OC2CCCC2)cc1. The minimum atomic E-state index is -0.184. The van der Waals surface area contributed by atoms with Gasteiger partial charge in [0.15, 0.2) is 5.11 Å². The first-order chi connectivity index (χ1) is 17.3. The van der Waals surface area contributed by atoms with Gasteiger partial charge in [-0.05, 0) is 86.4 Å². The molecule has 6 rings (SSSR count). The van der Waals surface area contributed by atoms with E-state index in [1.54, 1.807) is 0 Å². The zero-order valence-corrected chi connectivity index (χ0v) is 20.2.